The number of aryl methyl sites for hydroxylation is 1. The molecule has 0 saturated carbocycles. The van der Waals surface area contributed by atoms with Crippen molar-refractivity contribution < 1.29 is 0 Å². The molecule has 0 atom stereocenters. The maximum absolute atomic E-state index is 12.3. The minimum atomic E-state index is 0.0319. The van der Waals surface area contributed by atoms with Gasteiger partial charge in [0.25, 0.3) is 5.56 Å². The number of aromatic nitrogens is 2. The normalized spacial score (nSPS) is 11.1. The van der Waals surface area contributed by atoms with Gasteiger partial charge in [0.15, 0.2) is 0 Å². The van der Waals surface area contributed by atoms with Crippen LogP contribution in [-0.2, 0) is 0 Å². The predicted molar refractivity (Wildman–Crippen MR) is 72.9 cm³/mol. The number of nitrogens with zero attached hydrogens (tertiary/aromatic N) is 1. The number of halogens is 1. The number of hydrogen-bond acceptors (Lipinski definition) is 1. The van der Waals surface area contributed by atoms with Gasteiger partial charge in [-0.05, 0) is 40.9 Å². The van der Waals surface area contributed by atoms with Crippen LogP contribution in [0.15, 0.2) is 33.5 Å². The van der Waals surface area contributed by atoms with Crippen molar-refractivity contribution in [2.75, 3.05) is 0 Å². The molecule has 0 spiro atoms. The lowest BCUT2D eigenvalue weighted by Crippen LogP contribution is -2.18. The summed E-state index contributed by atoms with van der Waals surface area (Å²) in [6.45, 7) is 5.99. The van der Waals surface area contributed by atoms with Crippen molar-refractivity contribution in [3.63, 3.8) is 0 Å². The van der Waals surface area contributed by atoms with Crippen molar-refractivity contribution >= 4 is 15.9 Å². The van der Waals surface area contributed by atoms with E-state index in [-0.39, 0.29) is 11.5 Å². The number of benzene rings is 1. The van der Waals surface area contributed by atoms with Crippen LogP contribution in [0, 0.1) is 6.92 Å². The maximum Gasteiger partial charge on any atom is 0.274 e. The van der Waals surface area contributed by atoms with Crippen LogP contribution in [0.5, 0.6) is 0 Å². The molecule has 0 unspecified atom stereocenters. The molecule has 3 nitrogen and oxygen atoms in total. The lowest BCUT2D eigenvalue weighted by atomic mass is 10.1. The van der Waals surface area contributed by atoms with Crippen LogP contribution >= 0.6 is 15.9 Å². The highest BCUT2D eigenvalue weighted by molar-refractivity contribution is 9.10. The fourth-order valence-electron chi connectivity index (χ4n) is 2.04. The number of para-hydroxylation sites is 1. The zero-order chi connectivity index (χ0) is 12.6. The van der Waals surface area contributed by atoms with Crippen LogP contribution in [-0.4, -0.2) is 9.78 Å². The molecule has 0 radical (unpaired) electrons. The van der Waals surface area contributed by atoms with Crippen molar-refractivity contribution in [1.29, 1.82) is 0 Å². The quantitative estimate of drug-likeness (QED) is 0.906. The summed E-state index contributed by atoms with van der Waals surface area (Å²) in [5, 5.41) is 3.13. The molecule has 1 aromatic carbocycles. The molecule has 0 aliphatic heterocycles. The van der Waals surface area contributed by atoms with E-state index in [1.54, 1.807) is 4.68 Å². The van der Waals surface area contributed by atoms with Gasteiger partial charge in [0, 0.05) is 15.7 Å². The summed E-state index contributed by atoms with van der Waals surface area (Å²) in [6.07, 6.45) is 0. The minimum absolute atomic E-state index is 0.0319. The molecule has 1 N–H and O–H groups in total. The summed E-state index contributed by atoms with van der Waals surface area (Å²) < 4.78 is 2.49. The van der Waals surface area contributed by atoms with Gasteiger partial charge in [-0.1, -0.05) is 26.0 Å². The molecule has 2 rings (SSSR count). The first-order chi connectivity index (χ1) is 8.02. The van der Waals surface area contributed by atoms with E-state index >= 15 is 0 Å². The number of aromatic amines is 1. The minimum Gasteiger partial charge on any atom is -0.295 e. The number of hydrogen-bond donors (Lipinski definition) is 1. The topological polar surface area (TPSA) is 37.8 Å². The van der Waals surface area contributed by atoms with Gasteiger partial charge < -0.3 is 0 Å². The molecule has 90 valence electrons. The second-order valence-corrected chi connectivity index (χ2v) is 5.25. The lowest BCUT2D eigenvalue weighted by Gasteiger charge is -2.03. The van der Waals surface area contributed by atoms with E-state index in [4.69, 9.17) is 0 Å². The third kappa shape index (κ3) is 2.09. The smallest absolute Gasteiger partial charge is 0.274 e. The average Bonchev–Trinajstić information content (AvgIpc) is 2.55. The zero-order valence-corrected chi connectivity index (χ0v) is 11.7. The Bertz CT molecular complexity index is 596. The Hall–Kier alpha value is -1.29. The molecule has 0 aliphatic rings. The molecular formula is C13H15BrN2O. The Morgan fingerprint density at radius 2 is 1.94 bits per heavy atom. The highest BCUT2D eigenvalue weighted by atomic mass is 79.9. The number of H-pyrrole nitrogens is 1. The summed E-state index contributed by atoms with van der Waals surface area (Å²) in [5.74, 6) is 0.225. The number of nitrogens with one attached hydrogen (secondary N) is 1. The zero-order valence-electron chi connectivity index (χ0n) is 10.1. The van der Waals surface area contributed by atoms with E-state index in [2.05, 4.69) is 21.0 Å². The SMILES string of the molecule is Cc1[nH]n(-c2ccccc2Br)c(=O)c1C(C)C. The number of rotatable bonds is 2. The average molecular weight is 295 g/mol. The fraction of sp³-hybridized carbons (Fsp3) is 0.308. The van der Waals surface area contributed by atoms with E-state index in [0.29, 0.717) is 0 Å². The summed E-state index contributed by atoms with van der Waals surface area (Å²) in [6, 6.07) is 7.67. The first-order valence-corrected chi connectivity index (χ1v) is 6.38. The van der Waals surface area contributed by atoms with Crippen LogP contribution in [0.3, 0.4) is 0 Å². The molecule has 1 aromatic heterocycles. The molecule has 4 heteroatoms. The van der Waals surface area contributed by atoms with Crippen molar-refractivity contribution in [2.24, 2.45) is 0 Å². The molecule has 0 saturated heterocycles. The van der Waals surface area contributed by atoms with Crippen LogP contribution in [0.25, 0.3) is 5.69 Å². The molecule has 0 fully saturated rings. The van der Waals surface area contributed by atoms with Crippen molar-refractivity contribution in [3.8, 4) is 5.69 Å². The molecule has 0 bridgehead atoms. The highest BCUT2D eigenvalue weighted by Crippen LogP contribution is 2.20. The standard InChI is InChI=1S/C13H15BrN2O/c1-8(2)12-9(3)15-16(13(12)17)11-7-5-4-6-10(11)14/h4-8,15H,1-3H3. The summed E-state index contributed by atoms with van der Waals surface area (Å²) in [5.41, 5.74) is 2.65. The van der Waals surface area contributed by atoms with E-state index in [9.17, 15) is 4.79 Å². The van der Waals surface area contributed by atoms with Gasteiger partial charge in [-0.25, -0.2) is 4.68 Å². The second kappa shape index (κ2) is 4.53. The Labute approximate surface area is 109 Å². The van der Waals surface area contributed by atoms with Gasteiger partial charge in [0.2, 0.25) is 0 Å². The van der Waals surface area contributed by atoms with Crippen LogP contribution in [0.2, 0.25) is 0 Å². The third-order valence-electron chi connectivity index (χ3n) is 2.79. The highest BCUT2D eigenvalue weighted by Gasteiger charge is 2.15. The summed E-state index contributed by atoms with van der Waals surface area (Å²) >= 11 is 3.46. The molecule has 0 amide bonds. The molecule has 1 heterocycles. The lowest BCUT2D eigenvalue weighted by molar-refractivity contribution is 0.821. The molecule has 17 heavy (non-hydrogen) atoms. The summed E-state index contributed by atoms with van der Waals surface area (Å²) in [4.78, 5) is 12.3. The molecule has 0 aliphatic carbocycles. The van der Waals surface area contributed by atoms with E-state index in [0.717, 1.165) is 21.4 Å². The van der Waals surface area contributed by atoms with Gasteiger partial charge in [-0.3, -0.25) is 9.89 Å². The van der Waals surface area contributed by atoms with Crippen molar-refractivity contribution in [2.45, 2.75) is 26.7 Å². The van der Waals surface area contributed by atoms with Gasteiger partial charge in [0.05, 0.1) is 5.69 Å². The largest absolute Gasteiger partial charge is 0.295 e. The summed E-state index contributed by atoms with van der Waals surface area (Å²) in [7, 11) is 0. The maximum atomic E-state index is 12.3. The van der Waals surface area contributed by atoms with Gasteiger partial charge >= 0.3 is 0 Å². The van der Waals surface area contributed by atoms with E-state index in [1.807, 2.05) is 45.0 Å². The van der Waals surface area contributed by atoms with Crippen LogP contribution in [0.4, 0.5) is 0 Å². The van der Waals surface area contributed by atoms with Crippen LogP contribution in [0.1, 0.15) is 31.0 Å². The Kier molecular flexibility index (Phi) is 3.24. The van der Waals surface area contributed by atoms with Crippen molar-refractivity contribution in [3.05, 3.63) is 50.3 Å². The van der Waals surface area contributed by atoms with Crippen molar-refractivity contribution in [1.82, 2.24) is 9.78 Å². The molecular weight excluding hydrogens is 280 g/mol. The van der Waals surface area contributed by atoms with Gasteiger partial charge in [0.1, 0.15) is 0 Å². The first-order valence-electron chi connectivity index (χ1n) is 5.58. The van der Waals surface area contributed by atoms with Gasteiger partial charge in [-0.15, -0.1) is 0 Å². The first kappa shape index (κ1) is 12.2. The van der Waals surface area contributed by atoms with E-state index < -0.39 is 0 Å². The third-order valence-corrected chi connectivity index (χ3v) is 3.46. The van der Waals surface area contributed by atoms with Crippen LogP contribution < -0.4 is 5.56 Å². The fourth-order valence-corrected chi connectivity index (χ4v) is 2.50. The Morgan fingerprint density at radius 1 is 1.29 bits per heavy atom. The molecule has 2 aromatic rings. The van der Waals surface area contributed by atoms with E-state index in [1.165, 1.54) is 0 Å². The van der Waals surface area contributed by atoms with Gasteiger partial charge in [-0.2, -0.15) is 0 Å². The Balaban J connectivity index is 2.67. The Morgan fingerprint density at radius 3 is 2.47 bits per heavy atom. The predicted octanol–water partition coefficient (Wildman–Crippen LogP) is 3.36. The second-order valence-electron chi connectivity index (χ2n) is 4.40. The monoisotopic (exact) mass is 294 g/mol.